The van der Waals surface area contributed by atoms with Crippen molar-refractivity contribution in [1.29, 1.82) is 0 Å². The molecule has 0 bridgehead atoms. The third kappa shape index (κ3) is 10.9. The van der Waals surface area contributed by atoms with Crippen molar-refractivity contribution in [2.45, 2.75) is 0 Å². The summed E-state index contributed by atoms with van der Waals surface area (Å²) in [5.41, 5.74) is 25.2. The number of nitrogens with zero attached hydrogens (tertiary/aromatic N) is 8. The van der Waals surface area contributed by atoms with Gasteiger partial charge >= 0.3 is 0 Å². The van der Waals surface area contributed by atoms with E-state index in [1.165, 1.54) is 5.39 Å². The number of furan rings is 2. The lowest BCUT2D eigenvalue weighted by atomic mass is 9.94. The molecule has 22 aromatic rings. The average molecular weight is 1430 g/mol. The quantitative estimate of drug-likeness (QED) is 0.112. The average Bonchev–Trinajstić information content (AvgIpc) is 1.58. The number of fused-ring (bicyclic) bond motifs is 12. The van der Waals surface area contributed by atoms with Crippen molar-refractivity contribution in [3.8, 4) is 135 Å². The van der Waals surface area contributed by atoms with E-state index in [9.17, 15) is 0 Å². The van der Waals surface area contributed by atoms with Gasteiger partial charge in [0.25, 0.3) is 0 Å². The lowest BCUT2D eigenvalue weighted by molar-refractivity contribution is 0.670. The predicted octanol–water partition coefficient (Wildman–Crippen LogP) is 26.4. The van der Waals surface area contributed by atoms with Crippen molar-refractivity contribution in [2.24, 2.45) is 0 Å². The number of hydrogen-bond acceptors (Lipinski definition) is 8. The molecule has 0 saturated carbocycles. The van der Waals surface area contributed by atoms with Crippen LogP contribution in [0.3, 0.4) is 0 Å². The van der Waals surface area contributed by atoms with Crippen LogP contribution in [0, 0.1) is 0 Å². The molecule has 522 valence electrons. The lowest BCUT2D eigenvalue weighted by Crippen LogP contribution is -2.00. The fourth-order valence-corrected chi connectivity index (χ4v) is 16.5. The molecule has 16 aromatic carbocycles. The maximum atomic E-state index is 7.42. The molecule has 6 heterocycles. The van der Waals surface area contributed by atoms with Gasteiger partial charge in [-0.1, -0.05) is 285 Å². The number of para-hydroxylation sites is 6. The van der Waals surface area contributed by atoms with Crippen LogP contribution in [0.15, 0.2) is 385 Å². The van der Waals surface area contributed by atoms with Gasteiger partial charge in [-0.2, -0.15) is 0 Å². The second-order valence-corrected chi connectivity index (χ2v) is 28.4. The molecule has 0 aliphatic rings. The Labute approximate surface area is 642 Å². The van der Waals surface area contributed by atoms with Crippen molar-refractivity contribution in [3.63, 3.8) is 0 Å². The molecule has 0 N–H and O–H groups in total. The summed E-state index contributed by atoms with van der Waals surface area (Å²) in [6.07, 6.45) is 0. The number of aromatic nitrogens is 8. The van der Waals surface area contributed by atoms with Crippen molar-refractivity contribution in [3.05, 3.63) is 376 Å². The molecule has 6 aromatic heterocycles. The Hall–Kier alpha value is -15.3. The van der Waals surface area contributed by atoms with Crippen LogP contribution in [0.5, 0.6) is 0 Å². The van der Waals surface area contributed by atoms with Crippen LogP contribution in [-0.2, 0) is 0 Å². The molecule has 0 saturated heterocycles. The van der Waals surface area contributed by atoms with Crippen molar-refractivity contribution >= 4 is 87.5 Å². The summed E-state index contributed by atoms with van der Waals surface area (Å²) in [7, 11) is 0. The first kappa shape index (κ1) is 64.0. The first-order valence-corrected chi connectivity index (χ1v) is 37.6. The zero-order valence-electron chi connectivity index (χ0n) is 60.2. The maximum Gasteiger partial charge on any atom is 0.167 e. The zero-order chi connectivity index (χ0) is 73.7. The molecular weight excluding hydrogens is 1370 g/mol. The summed E-state index contributed by atoms with van der Waals surface area (Å²) < 4.78 is 19.3. The first-order valence-electron chi connectivity index (χ1n) is 37.6. The highest BCUT2D eigenvalue weighted by Gasteiger charge is 2.26. The summed E-state index contributed by atoms with van der Waals surface area (Å²) in [5, 5.41) is 8.48. The topological polar surface area (TPSA) is 113 Å². The summed E-state index contributed by atoms with van der Waals surface area (Å²) in [6.45, 7) is 0. The first-order chi connectivity index (χ1) is 55.5. The fraction of sp³-hybridized carbons (Fsp3) is 0. The highest BCUT2D eigenvalue weighted by molar-refractivity contribution is 6.18. The molecule has 0 spiro atoms. The maximum absolute atomic E-state index is 7.42. The molecule has 22 rings (SSSR count). The summed E-state index contributed by atoms with van der Waals surface area (Å²) >= 11 is 0. The molecule has 10 nitrogen and oxygen atoms in total. The monoisotopic (exact) mass is 1430 g/mol. The highest BCUT2D eigenvalue weighted by Crippen LogP contribution is 2.47. The standard InChI is InChI=1S/C102H62N8O2/c1-6-24-63(25-7-1)65-46-48-69(49-47-65)99-103-97(67-28-10-3-11-29-67)105-101(107-99)83-42-22-40-81-80-39-21-38-77(93(80)111-94(81)83)71-52-56-92-86(59-71)78-36-17-19-45-90(78)110(92)76-54-50-66(51-55-76)74-61-85(72-53-57-91-87(60-72)79-37-16-18-44-89(79)109(91)75-34-14-5-15-35-75)96-88(62-74)82-41-23-43-84(95(82)112-96)102-106-98(68-30-12-4-13-31-68)104-100(108-102)73-33-20-32-70(58-73)64-26-8-2-9-27-64/h1-62H. The molecule has 112 heavy (non-hydrogen) atoms. The van der Waals surface area contributed by atoms with Crippen LogP contribution in [0.4, 0.5) is 0 Å². The molecule has 0 amide bonds. The molecule has 0 radical (unpaired) electrons. The van der Waals surface area contributed by atoms with Crippen LogP contribution in [0.2, 0.25) is 0 Å². The van der Waals surface area contributed by atoms with Gasteiger partial charge in [-0.15, -0.1) is 0 Å². The number of hydrogen-bond donors (Lipinski definition) is 0. The Morgan fingerprint density at radius 2 is 0.473 bits per heavy atom. The van der Waals surface area contributed by atoms with Gasteiger partial charge in [-0.05, 0) is 136 Å². The van der Waals surface area contributed by atoms with Crippen molar-refractivity contribution in [2.75, 3.05) is 0 Å². The molecule has 0 fully saturated rings. The van der Waals surface area contributed by atoms with Crippen LogP contribution < -0.4 is 0 Å². The van der Waals surface area contributed by atoms with E-state index in [1.807, 2.05) is 72.8 Å². The highest BCUT2D eigenvalue weighted by atomic mass is 16.3. The van der Waals surface area contributed by atoms with E-state index in [1.54, 1.807) is 0 Å². The van der Waals surface area contributed by atoms with E-state index < -0.39 is 0 Å². The molecule has 0 aliphatic heterocycles. The van der Waals surface area contributed by atoms with Gasteiger partial charge in [0.2, 0.25) is 0 Å². The summed E-state index contributed by atoms with van der Waals surface area (Å²) in [4.78, 5) is 31.3. The summed E-state index contributed by atoms with van der Waals surface area (Å²) in [5.74, 6) is 3.33. The van der Waals surface area contributed by atoms with E-state index in [0.717, 1.165) is 171 Å². The van der Waals surface area contributed by atoms with Crippen LogP contribution >= 0.6 is 0 Å². The van der Waals surface area contributed by atoms with E-state index >= 15 is 0 Å². The van der Waals surface area contributed by atoms with Crippen LogP contribution in [0.1, 0.15) is 0 Å². The Morgan fingerprint density at radius 1 is 0.161 bits per heavy atom. The second-order valence-electron chi connectivity index (χ2n) is 28.4. The van der Waals surface area contributed by atoms with E-state index in [2.05, 4.69) is 312 Å². The lowest BCUT2D eigenvalue weighted by Gasteiger charge is -2.12. The molecule has 0 aliphatic carbocycles. The second kappa shape index (κ2) is 26.3. The minimum Gasteiger partial charge on any atom is -0.455 e. The van der Waals surface area contributed by atoms with Crippen LogP contribution in [-0.4, -0.2) is 39.0 Å². The van der Waals surface area contributed by atoms with Gasteiger partial charge in [0, 0.05) is 87.8 Å². The third-order valence-electron chi connectivity index (χ3n) is 21.9. The Balaban J connectivity index is 0.661. The Morgan fingerprint density at radius 3 is 1.01 bits per heavy atom. The van der Waals surface area contributed by atoms with Crippen LogP contribution in [0.25, 0.3) is 223 Å². The number of benzene rings is 16. The molecular formula is C102H62N8O2. The molecule has 10 heteroatoms. The third-order valence-corrected chi connectivity index (χ3v) is 21.9. The Kier molecular flexibility index (Phi) is 15.0. The zero-order valence-corrected chi connectivity index (χ0v) is 60.2. The van der Waals surface area contributed by atoms with E-state index in [0.29, 0.717) is 46.1 Å². The van der Waals surface area contributed by atoms with Crippen molar-refractivity contribution in [1.82, 2.24) is 39.0 Å². The number of rotatable bonds is 13. The van der Waals surface area contributed by atoms with Gasteiger partial charge < -0.3 is 18.0 Å². The van der Waals surface area contributed by atoms with E-state index in [-0.39, 0.29) is 0 Å². The Bertz CT molecular complexity index is 7460. The normalized spacial score (nSPS) is 11.8. The van der Waals surface area contributed by atoms with E-state index in [4.69, 9.17) is 38.7 Å². The van der Waals surface area contributed by atoms with Gasteiger partial charge in [0.05, 0.1) is 33.2 Å². The minimum absolute atomic E-state index is 0.512. The fourth-order valence-electron chi connectivity index (χ4n) is 16.5. The molecule has 0 atom stereocenters. The van der Waals surface area contributed by atoms with Gasteiger partial charge in [0.1, 0.15) is 22.3 Å². The molecule has 0 unspecified atom stereocenters. The smallest absolute Gasteiger partial charge is 0.167 e. The van der Waals surface area contributed by atoms with Crippen molar-refractivity contribution < 1.29 is 8.83 Å². The van der Waals surface area contributed by atoms with Gasteiger partial charge in [-0.3, -0.25) is 0 Å². The summed E-state index contributed by atoms with van der Waals surface area (Å²) in [6, 6.07) is 132. The van der Waals surface area contributed by atoms with Gasteiger partial charge in [-0.25, -0.2) is 29.9 Å². The largest absolute Gasteiger partial charge is 0.455 e. The SMILES string of the molecule is c1ccc(-c2ccc(-c3nc(-c4ccccc4)nc(-c4cccc5c4oc4c(-c6ccc7c(c6)c6ccccc6n7-c6ccc(-c7cc(-c8ccc9c(c8)c8ccccc8n9-c8ccccc8)c8oc9c(-c%10nc(-c%11ccccc%11)nc(-c%11cccc(-c%12ccccc%12)c%11)n%10)cccc9c8c7)cc6)cccc45)n3)cc2)cc1. The predicted molar refractivity (Wildman–Crippen MR) is 456 cm³/mol. The van der Waals surface area contributed by atoms with Gasteiger partial charge in [0.15, 0.2) is 34.9 Å². The minimum atomic E-state index is 0.512.